The molecule has 0 radical (unpaired) electrons. The van der Waals surface area contributed by atoms with Crippen LogP contribution in [0.25, 0.3) is 22.2 Å². The zero-order valence-corrected chi connectivity index (χ0v) is 18.8. The molecule has 0 saturated heterocycles. The molecule has 1 fully saturated rings. The lowest BCUT2D eigenvalue weighted by Crippen LogP contribution is -2.50. The Balaban J connectivity index is 1.79. The summed E-state index contributed by atoms with van der Waals surface area (Å²) >= 11 is 0. The Bertz CT molecular complexity index is 1540. The number of nitrogens with zero attached hydrogens (tertiary/aromatic N) is 4. The van der Waals surface area contributed by atoms with Crippen molar-refractivity contribution in [1.29, 1.82) is 0 Å². The van der Waals surface area contributed by atoms with Gasteiger partial charge in [0.05, 0.1) is 22.9 Å². The van der Waals surface area contributed by atoms with E-state index in [4.69, 9.17) is 10.9 Å². The van der Waals surface area contributed by atoms with Crippen LogP contribution in [0.4, 0.5) is 0 Å². The summed E-state index contributed by atoms with van der Waals surface area (Å²) < 4.78 is 54.6. The van der Waals surface area contributed by atoms with E-state index in [1.807, 2.05) is 6.07 Å². The molecule has 2 aliphatic rings. The number of azo groups is 1. The second-order valence-electron chi connectivity index (χ2n) is 7.88. The molecule has 0 spiro atoms. The summed E-state index contributed by atoms with van der Waals surface area (Å²) in [5.74, 6) is -0.0238. The van der Waals surface area contributed by atoms with Gasteiger partial charge in [-0.2, -0.15) is 5.11 Å². The largest absolute Gasteiger partial charge is 0.345 e. The molecule has 1 aliphatic carbocycles. The molecule has 0 atom stereocenters. The number of nitrogens with one attached hydrogen (secondary N) is 2. The molecule has 14 heteroatoms. The first-order valence-electron chi connectivity index (χ1n) is 9.97. The maximum absolute atomic E-state index is 13.2. The smallest absolute Gasteiger partial charge is 0.242 e. The minimum Gasteiger partial charge on any atom is -0.345 e. The zero-order chi connectivity index (χ0) is 23.4. The van der Waals surface area contributed by atoms with E-state index in [0.29, 0.717) is 35.0 Å². The van der Waals surface area contributed by atoms with Crippen molar-refractivity contribution < 1.29 is 16.8 Å². The average molecular weight is 489 g/mol. The van der Waals surface area contributed by atoms with Gasteiger partial charge in [0.25, 0.3) is 0 Å². The van der Waals surface area contributed by atoms with Crippen LogP contribution in [0, 0.1) is 0 Å². The highest BCUT2D eigenvalue weighted by molar-refractivity contribution is 7.92. The van der Waals surface area contributed by atoms with Crippen LogP contribution in [0.5, 0.6) is 0 Å². The Labute approximate surface area is 189 Å². The van der Waals surface area contributed by atoms with E-state index >= 15 is 0 Å². The summed E-state index contributed by atoms with van der Waals surface area (Å²) in [6.45, 7) is -0.0133. The standard InChI is InChI=1S/C19H20N8O4S2/c20-10-6-11(7-10)27-33(30,31)15-5-4-12(13-2-1-3-14-17(13)23-8-22-14)16(18(15)32(21,28)29)19-24-9-25-26-19/h1-5,8,10-11,27H,6-7,9,20H2,(H,22,23)(H2,21,28,29). The quantitative estimate of drug-likeness (QED) is 0.396. The molecule has 0 amide bonds. The van der Waals surface area contributed by atoms with Gasteiger partial charge in [-0.3, -0.25) is 0 Å². The topological polar surface area (TPSA) is 198 Å². The van der Waals surface area contributed by atoms with Gasteiger partial charge in [-0.1, -0.05) is 18.2 Å². The molecule has 0 bridgehead atoms. The number of nitrogens with two attached hydrogens (primary N) is 2. The number of aliphatic imine (C=N–C) groups is 1. The first-order valence-corrected chi connectivity index (χ1v) is 13.0. The fourth-order valence-corrected chi connectivity index (χ4v) is 6.95. The Morgan fingerprint density at radius 3 is 2.52 bits per heavy atom. The summed E-state index contributed by atoms with van der Waals surface area (Å²) in [6, 6.07) is 7.55. The number of para-hydroxylation sites is 1. The Morgan fingerprint density at radius 1 is 1.06 bits per heavy atom. The monoisotopic (exact) mass is 488 g/mol. The Kier molecular flexibility index (Phi) is 5.13. The predicted octanol–water partition coefficient (Wildman–Crippen LogP) is 0.815. The third-order valence-corrected chi connectivity index (χ3v) is 8.29. The SMILES string of the molecule is NC1CC(NS(=O)(=O)c2ccc(-c3cccc4[nH]cnc34)c(C3=NCN=N3)c2S(N)(=O)=O)C1. The number of rotatable bonds is 6. The van der Waals surface area contributed by atoms with E-state index in [0.717, 1.165) is 0 Å². The van der Waals surface area contributed by atoms with Crippen LogP contribution in [0.1, 0.15) is 18.4 Å². The number of amidine groups is 1. The van der Waals surface area contributed by atoms with Crippen LogP contribution in [-0.2, 0) is 20.0 Å². The summed E-state index contributed by atoms with van der Waals surface area (Å²) in [5.41, 5.74) is 7.91. The molecule has 2 aromatic carbocycles. The highest BCUT2D eigenvalue weighted by Gasteiger charge is 2.36. The molecule has 172 valence electrons. The molecule has 33 heavy (non-hydrogen) atoms. The lowest BCUT2D eigenvalue weighted by Gasteiger charge is -2.32. The van der Waals surface area contributed by atoms with E-state index in [1.165, 1.54) is 18.5 Å². The van der Waals surface area contributed by atoms with Crippen LogP contribution in [-0.4, -0.2) is 51.4 Å². The van der Waals surface area contributed by atoms with Crippen molar-refractivity contribution in [2.75, 3.05) is 6.67 Å². The fraction of sp³-hybridized carbons (Fsp3) is 0.263. The number of aromatic amines is 1. The van der Waals surface area contributed by atoms with Gasteiger partial charge < -0.3 is 10.7 Å². The van der Waals surface area contributed by atoms with Gasteiger partial charge in [0, 0.05) is 17.6 Å². The summed E-state index contributed by atoms with van der Waals surface area (Å²) in [4.78, 5) is 10.4. The number of hydrogen-bond donors (Lipinski definition) is 4. The number of aromatic nitrogens is 2. The number of H-pyrrole nitrogens is 1. The first kappa shape index (κ1) is 21.8. The second-order valence-corrected chi connectivity index (χ2v) is 11.1. The van der Waals surface area contributed by atoms with Crippen molar-refractivity contribution in [1.82, 2.24) is 14.7 Å². The van der Waals surface area contributed by atoms with Crippen LogP contribution < -0.4 is 15.6 Å². The van der Waals surface area contributed by atoms with Crippen molar-refractivity contribution in [2.45, 2.75) is 34.7 Å². The van der Waals surface area contributed by atoms with Crippen molar-refractivity contribution in [3.05, 3.63) is 42.2 Å². The Hall–Kier alpha value is -3.04. The van der Waals surface area contributed by atoms with Crippen LogP contribution in [0.3, 0.4) is 0 Å². The highest BCUT2D eigenvalue weighted by Crippen LogP contribution is 2.37. The number of hydrogen-bond acceptors (Lipinski definition) is 9. The van der Waals surface area contributed by atoms with E-state index < -0.39 is 29.8 Å². The molecular formula is C19H20N8O4S2. The van der Waals surface area contributed by atoms with Gasteiger partial charge in [0.2, 0.25) is 20.0 Å². The number of benzene rings is 2. The summed E-state index contributed by atoms with van der Waals surface area (Å²) in [7, 11) is -8.80. The van der Waals surface area contributed by atoms with E-state index in [1.54, 1.807) is 12.1 Å². The number of fused-ring (bicyclic) bond motifs is 1. The normalized spacial score (nSPS) is 20.7. The van der Waals surface area contributed by atoms with Gasteiger partial charge in [0.15, 0.2) is 12.5 Å². The van der Waals surface area contributed by atoms with Gasteiger partial charge in [-0.25, -0.2) is 36.7 Å². The first-order chi connectivity index (χ1) is 15.6. The van der Waals surface area contributed by atoms with Gasteiger partial charge in [0.1, 0.15) is 9.79 Å². The summed E-state index contributed by atoms with van der Waals surface area (Å²) in [5, 5.41) is 13.3. The van der Waals surface area contributed by atoms with Crippen molar-refractivity contribution >= 4 is 36.9 Å². The zero-order valence-electron chi connectivity index (χ0n) is 17.1. The molecule has 3 aromatic rings. The molecule has 0 unspecified atom stereocenters. The molecule has 5 rings (SSSR count). The number of primary sulfonamides is 1. The molecule has 12 nitrogen and oxygen atoms in total. The second kappa shape index (κ2) is 7.78. The summed E-state index contributed by atoms with van der Waals surface area (Å²) in [6.07, 6.45) is 2.42. The predicted molar refractivity (Wildman–Crippen MR) is 120 cm³/mol. The maximum atomic E-state index is 13.2. The van der Waals surface area contributed by atoms with Crippen LogP contribution in [0.2, 0.25) is 0 Å². The van der Waals surface area contributed by atoms with E-state index in [2.05, 4.69) is 29.9 Å². The van der Waals surface area contributed by atoms with Gasteiger partial charge in [-0.15, -0.1) is 5.11 Å². The molecule has 2 heterocycles. The van der Waals surface area contributed by atoms with E-state index in [9.17, 15) is 16.8 Å². The van der Waals surface area contributed by atoms with Gasteiger partial charge in [-0.05, 0) is 30.5 Å². The molecule has 1 aromatic heterocycles. The minimum absolute atomic E-state index is 0.0133. The number of sulfonamides is 2. The van der Waals surface area contributed by atoms with Crippen molar-refractivity contribution in [3.63, 3.8) is 0 Å². The molecule has 1 aliphatic heterocycles. The third-order valence-electron chi connectivity index (χ3n) is 5.60. The fourth-order valence-electron chi connectivity index (χ4n) is 4.09. The molecule has 1 saturated carbocycles. The molecular weight excluding hydrogens is 468 g/mol. The average Bonchev–Trinajstić information content (AvgIpc) is 3.42. The van der Waals surface area contributed by atoms with Crippen molar-refractivity contribution in [3.8, 4) is 11.1 Å². The third kappa shape index (κ3) is 3.85. The van der Waals surface area contributed by atoms with Gasteiger partial charge >= 0.3 is 0 Å². The molecule has 6 N–H and O–H groups in total. The maximum Gasteiger partial charge on any atom is 0.242 e. The van der Waals surface area contributed by atoms with Crippen LogP contribution >= 0.6 is 0 Å². The van der Waals surface area contributed by atoms with Crippen molar-refractivity contribution in [2.24, 2.45) is 26.1 Å². The van der Waals surface area contributed by atoms with E-state index in [-0.39, 0.29) is 30.2 Å². The lowest BCUT2D eigenvalue weighted by molar-refractivity contribution is 0.327. The Morgan fingerprint density at radius 2 is 1.85 bits per heavy atom. The highest BCUT2D eigenvalue weighted by atomic mass is 32.2. The van der Waals surface area contributed by atoms with Crippen LogP contribution in [0.15, 0.2) is 61.7 Å². The number of imidazole rings is 1. The minimum atomic E-state index is -4.54. The lowest BCUT2D eigenvalue weighted by atomic mass is 9.89.